The van der Waals surface area contributed by atoms with Crippen LogP contribution in [0, 0.1) is 0 Å². The summed E-state index contributed by atoms with van der Waals surface area (Å²) < 4.78 is 5.41. The van der Waals surface area contributed by atoms with Crippen molar-refractivity contribution in [3.8, 4) is 11.5 Å². The topological polar surface area (TPSA) is 67.2 Å². The maximum atomic E-state index is 11.9. The monoisotopic (exact) mass is 305 g/mol. The molecule has 5 nitrogen and oxygen atoms in total. The standard InChI is InChI=1S/C15H16ClN3O2/c16-11-3-1-10(2-4-11)15-19-13(9-21-15)7-14(20)18-12-5-6-17-8-12/h1-4,9,12,17H,5-8H2,(H,18,20). The Bertz CT molecular complexity index is 618. The molecule has 21 heavy (non-hydrogen) atoms. The predicted octanol–water partition coefficient (Wildman–Crippen LogP) is 2.02. The Morgan fingerprint density at radius 1 is 1.43 bits per heavy atom. The van der Waals surface area contributed by atoms with Crippen molar-refractivity contribution in [1.82, 2.24) is 15.6 Å². The van der Waals surface area contributed by atoms with Gasteiger partial charge in [-0.3, -0.25) is 4.79 Å². The van der Waals surface area contributed by atoms with Crippen molar-refractivity contribution < 1.29 is 9.21 Å². The third-order valence-electron chi connectivity index (χ3n) is 3.41. The number of rotatable bonds is 4. The fraction of sp³-hybridized carbons (Fsp3) is 0.333. The minimum atomic E-state index is -0.0281. The summed E-state index contributed by atoms with van der Waals surface area (Å²) in [7, 11) is 0. The number of benzene rings is 1. The average molecular weight is 306 g/mol. The van der Waals surface area contributed by atoms with Gasteiger partial charge in [0, 0.05) is 23.2 Å². The molecule has 6 heteroatoms. The Hall–Kier alpha value is -1.85. The molecule has 1 amide bonds. The van der Waals surface area contributed by atoms with Gasteiger partial charge in [0.2, 0.25) is 11.8 Å². The van der Waals surface area contributed by atoms with Crippen LogP contribution in [0.4, 0.5) is 0 Å². The van der Waals surface area contributed by atoms with E-state index < -0.39 is 0 Å². The van der Waals surface area contributed by atoms with Crippen LogP contribution < -0.4 is 10.6 Å². The molecule has 2 aromatic rings. The number of oxazole rings is 1. The van der Waals surface area contributed by atoms with Crippen LogP contribution in [-0.4, -0.2) is 30.0 Å². The second-order valence-corrected chi connectivity index (χ2v) is 5.52. The van der Waals surface area contributed by atoms with Crippen molar-refractivity contribution in [2.45, 2.75) is 18.9 Å². The van der Waals surface area contributed by atoms with E-state index in [9.17, 15) is 4.79 Å². The second kappa shape index (κ2) is 6.28. The van der Waals surface area contributed by atoms with Gasteiger partial charge in [0.05, 0.1) is 12.1 Å². The molecule has 1 atom stereocenters. The lowest BCUT2D eigenvalue weighted by Gasteiger charge is -2.09. The van der Waals surface area contributed by atoms with Gasteiger partial charge in [-0.05, 0) is 37.2 Å². The SMILES string of the molecule is O=C(Cc1coc(-c2ccc(Cl)cc2)n1)NC1CCNC1. The number of hydrogen-bond donors (Lipinski definition) is 2. The van der Waals surface area contributed by atoms with Crippen molar-refractivity contribution in [3.05, 3.63) is 41.2 Å². The second-order valence-electron chi connectivity index (χ2n) is 5.08. The highest BCUT2D eigenvalue weighted by atomic mass is 35.5. The highest BCUT2D eigenvalue weighted by Gasteiger charge is 2.17. The molecule has 1 aliphatic heterocycles. The first-order chi connectivity index (χ1) is 10.2. The third-order valence-corrected chi connectivity index (χ3v) is 3.66. The number of hydrogen-bond acceptors (Lipinski definition) is 4. The van der Waals surface area contributed by atoms with E-state index in [4.69, 9.17) is 16.0 Å². The molecule has 3 rings (SSSR count). The number of carbonyl (C=O) groups excluding carboxylic acids is 1. The predicted molar refractivity (Wildman–Crippen MR) is 80.1 cm³/mol. The molecule has 1 saturated heterocycles. The molecule has 0 bridgehead atoms. The van der Waals surface area contributed by atoms with E-state index in [0.717, 1.165) is 25.1 Å². The molecule has 1 unspecified atom stereocenters. The van der Waals surface area contributed by atoms with E-state index in [1.54, 1.807) is 12.1 Å². The van der Waals surface area contributed by atoms with E-state index in [-0.39, 0.29) is 18.4 Å². The molecule has 1 aromatic heterocycles. The van der Waals surface area contributed by atoms with Gasteiger partial charge in [0.1, 0.15) is 6.26 Å². The lowest BCUT2D eigenvalue weighted by molar-refractivity contribution is -0.121. The fourth-order valence-corrected chi connectivity index (χ4v) is 2.46. The van der Waals surface area contributed by atoms with Crippen LogP contribution in [0.15, 0.2) is 34.9 Å². The van der Waals surface area contributed by atoms with Crippen LogP contribution in [0.25, 0.3) is 11.5 Å². The lowest BCUT2D eigenvalue weighted by atomic mass is 10.2. The van der Waals surface area contributed by atoms with Gasteiger partial charge in [-0.2, -0.15) is 0 Å². The minimum absolute atomic E-state index is 0.0281. The quantitative estimate of drug-likeness (QED) is 0.907. The molecule has 110 valence electrons. The molecule has 0 spiro atoms. The van der Waals surface area contributed by atoms with E-state index in [2.05, 4.69) is 15.6 Å². The number of nitrogens with one attached hydrogen (secondary N) is 2. The highest BCUT2D eigenvalue weighted by Crippen LogP contribution is 2.21. The highest BCUT2D eigenvalue weighted by molar-refractivity contribution is 6.30. The normalized spacial score (nSPS) is 17.9. The van der Waals surface area contributed by atoms with Crippen LogP contribution >= 0.6 is 11.6 Å². The van der Waals surface area contributed by atoms with Crippen molar-refractivity contribution in [3.63, 3.8) is 0 Å². The summed E-state index contributed by atoms with van der Waals surface area (Å²) in [6, 6.07) is 7.45. The zero-order valence-corrected chi connectivity index (χ0v) is 12.2. The van der Waals surface area contributed by atoms with Gasteiger partial charge in [-0.15, -0.1) is 0 Å². The third kappa shape index (κ3) is 3.62. The Kier molecular flexibility index (Phi) is 4.22. The molecule has 2 N–H and O–H groups in total. The smallest absolute Gasteiger partial charge is 0.226 e. The Balaban J connectivity index is 1.61. The van der Waals surface area contributed by atoms with Gasteiger partial charge in [-0.25, -0.2) is 4.98 Å². The van der Waals surface area contributed by atoms with Crippen LogP contribution in [0.1, 0.15) is 12.1 Å². The molecule has 1 aromatic carbocycles. The summed E-state index contributed by atoms with van der Waals surface area (Å²) >= 11 is 5.85. The first-order valence-electron chi connectivity index (χ1n) is 6.91. The first-order valence-corrected chi connectivity index (χ1v) is 7.29. The molecule has 1 aliphatic rings. The Labute approximate surface area is 127 Å². The van der Waals surface area contributed by atoms with Gasteiger partial charge < -0.3 is 15.1 Å². The molecule has 0 radical (unpaired) electrons. The number of carbonyl (C=O) groups is 1. The zero-order chi connectivity index (χ0) is 14.7. The van der Waals surface area contributed by atoms with Crippen LogP contribution in [-0.2, 0) is 11.2 Å². The fourth-order valence-electron chi connectivity index (χ4n) is 2.33. The van der Waals surface area contributed by atoms with Crippen LogP contribution in [0.5, 0.6) is 0 Å². The maximum absolute atomic E-state index is 11.9. The van der Waals surface area contributed by atoms with E-state index in [1.807, 2.05) is 12.1 Å². The first kappa shape index (κ1) is 14.1. The minimum Gasteiger partial charge on any atom is -0.444 e. The van der Waals surface area contributed by atoms with Crippen molar-refractivity contribution >= 4 is 17.5 Å². The van der Waals surface area contributed by atoms with Crippen molar-refractivity contribution in [2.24, 2.45) is 0 Å². The molecular weight excluding hydrogens is 290 g/mol. The molecular formula is C15H16ClN3O2. The molecule has 0 aliphatic carbocycles. The average Bonchev–Trinajstić information content (AvgIpc) is 3.11. The summed E-state index contributed by atoms with van der Waals surface area (Å²) in [4.78, 5) is 16.3. The van der Waals surface area contributed by atoms with Crippen LogP contribution in [0.2, 0.25) is 5.02 Å². The van der Waals surface area contributed by atoms with E-state index >= 15 is 0 Å². The zero-order valence-electron chi connectivity index (χ0n) is 11.4. The Morgan fingerprint density at radius 2 is 2.24 bits per heavy atom. The molecule has 0 saturated carbocycles. The summed E-state index contributed by atoms with van der Waals surface area (Å²) in [5.41, 5.74) is 1.47. The van der Waals surface area contributed by atoms with Gasteiger partial charge >= 0.3 is 0 Å². The summed E-state index contributed by atoms with van der Waals surface area (Å²) in [6.45, 7) is 1.79. The van der Waals surface area contributed by atoms with Crippen molar-refractivity contribution in [2.75, 3.05) is 13.1 Å². The van der Waals surface area contributed by atoms with Gasteiger partial charge in [0.15, 0.2) is 0 Å². The van der Waals surface area contributed by atoms with Gasteiger partial charge in [0.25, 0.3) is 0 Å². The van der Waals surface area contributed by atoms with Gasteiger partial charge in [-0.1, -0.05) is 11.6 Å². The number of amides is 1. The molecule has 1 fully saturated rings. The van der Waals surface area contributed by atoms with Crippen molar-refractivity contribution in [1.29, 1.82) is 0 Å². The Morgan fingerprint density at radius 3 is 2.95 bits per heavy atom. The molecule has 2 heterocycles. The largest absolute Gasteiger partial charge is 0.444 e. The van der Waals surface area contributed by atoms with Crippen LogP contribution in [0.3, 0.4) is 0 Å². The summed E-state index contributed by atoms with van der Waals surface area (Å²) in [5, 5.41) is 6.86. The lowest BCUT2D eigenvalue weighted by Crippen LogP contribution is -2.37. The number of nitrogens with zero attached hydrogens (tertiary/aromatic N) is 1. The number of halogens is 1. The summed E-state index contributed by atoms with van der Waals surface area (Å²) in [5.74, 6) is 0.469. The maximum Gasteiger partial charge on any atom is 0.226 e. The van der Waals surface area contributed by atoms with E-state index in [0.29, 0.717) is 16.6 Å². The van der Waals surface area contributed by atoms with E-state index in [1.165, 1.54) is 6.26 Å². The number of aromatic nitrogens is 1. The summed E-state index contributed by atoms with van der Waals surface area (Å²) in [6.07, 6.45) is 2.73.